The highest BCUT2D eigenvalue weighted by Crippen LogP contribution is 2.29. The summed E-state index contributed by atoms with van der Waals surface area (Å²) in [5, 5.41) is 12.7. The number of carbonyl (C=O) groups is 1. The summed E-state index contributed by atoms with van der Waals surface area (Å²) in [6.45, 7) is 0. The highest BCUT2D eigenvalue weighted by atomic mass is 32.2. The Balaban J connectivity index is 1.60. The lowest BCUT2D eigenvalue weighted by molar-refractivity contribution is 0.0996. The first kappa shape index (κ1) is 18.8. The summed E-state index contributed by atoms with van der Waals surface area (Å²) < 4.78 is 29.5. The molecule has 1 amide bonds. The van der Waals surface area contributed by atoms with Crippen LogP contribution in [0.25, 0.3) is 27.5 Å². The van der Waals surface area contributed by atoms with Crippen LogP contribution in [0, 0.1) is 0 Å². The summed E-state index contributed by atoms with van der Waals surface area (Å²) in [4.78, 5) is 12.0. The van der Waals surface area contributed by atoms with Crippen LogP contribution in [0.5, 0.6) is 0 Å². The number of rotatable bonds is 5. The molecule has 9 nitrogen and oxygen atoms in total. The number of nitrogens with two attached hydrogens (primary N) is 1. The smallest absolute Gasteiger partial charge is 0.269 e. The molecule has 5 aromatic rings. The molecule has 2 aromatic heterocycles. The number of carbonyl (C=O) groups excluding carboxylic acids is 1. The van der Waals surface area contributed by atoms with Crippen LogP contribution in [0.15, 0.2) is 77.8 Å². The molecule has 0 radical (unpaired) electrons. The van der Waals surface area contributed by atoms with Crippen molar-refractivity contribution in [2.45, 2.75) is 4.90 Å². The largest absolute Gasteiger partial charge is 0.364 e. The fourth-order valence-corrected chi connectivity index (χ4v) is 4.54. The second-order valence-corrected chi connectivity index (χ2v) is 8.57. The monoisotopic (exact) mass is 432 g/mol. The molecule has 0 aliphatic carbocycles. The number of sulfonamides is 1. The second-order valence-electron chi connectivity index (χ2n) is 6.88. The van der Waals surface area contributed by atoms with Crippen molar-refractivity contribution in [2.75, 3.05) is 4.72 Å². The molecule has 4 N–H and O–H groups in total. The Bertz CT molecular complexity index is 1540. The quantitative estimate of drug-likeness (QED) is 0.392. The first-order chi connectivity index (χ1) is 14.9. The van der Waals surface area contributed by atoms with Crippen LogP contribution >= 0.6 is 0 Å². The minimum atomic E-state index is -3.76. The van der Waals surface area contributed by atoms with Crippen molar-refractivity contribution in [1.29, 1.82) is 0 Å². The Morgan fingerprint density at radius 3 is 2.42 bits per heavy atom. The van der Waals surface area contributed by atoms with Crippen LogP contribution in [0.1, 0.15) is 10.5 Å². The van der Waals surface area contributed by atoms with E-state index in [9.17, 15) is 13.2 Å². The zero-order valence-corrected chi connectivity index (χ0v) is 16.8. The fourth-order valence-electron chi connectivity index (χ4n) is 3.48. The van der Waals surface area contributed by atoms with Crippen molar-refractivity contribution in [2.24, 2.45) is 5.73 Å². The minimum absolute atomic E-state index is 0.0974. The van der Waals surface area contributed by atoms with Crippen molar-refractivity contribution in [3.05, 3.63) is 78.6 Å². The number of fused-ring (bicyclic) bond motifs is 3. The summed E-state index contributed by atoms with van der Waals surface area (Å²) in [7, 11) is -3.76. The van der Waals surface area contributed by atoms with Crippen LogP contribution < -0.4 is 10.5 Å². The molecule has 10 heteroatoms. The number of aromatic nitrogens is 4. The summed E-state index contributed by atoms with van der Waals surface area (Å²) in [6.07, 6.45) is 1.64. The average molecular weight is 432 g/mol. The molecule has 0 saturated carbocycles. The third-order valence-electron chi connectivity index (χ3n) is 4.91. The zero-order valence-electron chi connectivity index (χ0n) is 16.0. The highest BCUT2D eigenvalue weighted by molar-refractivity contribution is 7.92. The van der Waals surface area contributed by atoms with Crippen LogP contribution in [-0.2, 0) is 10.0 Å². The van der Waals surface area contributed by atoms with Gasteiger partial charge in [-0.05, 0) is 48.5 Å². The highest BCUT2D eigenvalue weighted by Gasteiger charge is 2.20. The lowest BCUT2D eigenvalue weighted by atomic mass is 10.1. The number of anilines is 1. The van der Waals surface area contributed by atoms with E-state index in [1.807, 2.05) is 0 Å². The van der Waals surface area contributed by atoms with Crippen LogP contribution in [0.2, 0.25) is 0 Å². The zero-order chi connectivity index (χ0) is 21.6. The van der Waals surface area contributed by atoms with Gasteiger partial charge in [0.05, 0.1) is 27.8 Å². The van der Waals surface area contributed by atoms with Gasteiger partial charge < -0.3 is 5.73 Å². The Hall–Kier alpha value is -4.18. The van der Waals surface area contributed by atoms with Crippen molar-refractivity contribution in [1.82, 2.24) is 20.0 Å². The standard InChI is InChI=1S/C21H16N6O3S/c22-21(28)19-16-10-11-18-17(12-23-24-18)20(16)27(25-19)14-6-8-15(9-7-14)31(29,30)26-13-4-2-1-3-5-13/h1-12,26H,(H2,22,28)(H,23,24). The van der Waals surface area contributed by atoms with E-state index < -0.39 is 15.9 Å². The number of hydrogen-bond donors (Lipinski definition) is 3. The topological polar surface area (TPSA) is 136 Å². The molecule has 0 unspecified atom stereocenters. The summed E-state index contributed by atoms with van der Waals surface area (Å²) in [6, 6.07) is 18.4. The molecule has 0 bridgehead atoms. The first-order valence-corrected chi connectivity index (χ1v) is 10.8. The predicted octanol–water partition coefficient (Wildman–Crippen LogP) is 2.80. The number of primary amides is 1. The summed E-state index contributed by atoms with van der Waals surface area (Å²) in [5.74, 6) is -0.655. The van der Waals surface area contributed by atoms with Gasteiger partial charge in [-0.1, -0.05) is 18.2 Å². The van der Waals surface area contributed by atoms with Gasteiger partial charge in [-0.2, -0.15) is 10.2 Å². The van der Waals surface area contributed by atoms with E-state index in [0.29, 0.717) is 22.3 Å². The van der Waals surface area contributed by atoms with E-state index in [0.717, 1.165) is 10.9 Å². The minimum Gasteiger partial charge on any atom is -0.364 e. The molecule has 0 saturated heterocycles. The SMILES string of the molecule is NC(=O)c1nn(-c2ccc(S(=O)(=O)Nc3ccccc3)cc2)c2c1ccc1[nH]ncc12. The van der Waals surface area contributed by atoms with Gasteiger partial charge in [-0.15, -0.1) is 0 Å². The number of nitrogens with one attached hydrogen (secondary N) is 2. The molecule has 5 rings (SSSR count). The van der Waals surface area contributed by atoms with Crippen LogP contribution in [0.4, 0.5) is 5.69 Å². The number of nitrogens with zero attached hydrogens (tertiary/aromatic N) is 3. The second kappa shape index (κ2) is 6.96. The fraction of sp³-hybridized carbons (Fsp3) is 0. The van der Waals surface area contributed by atoms with Gasteiger partial charge in [0.1, 0.15) is 0 Å². The third kappa shape index (κ3) is 3.19. The van der Waals surface area contributed by atoms with E-state index >= 15 is 0 Å². The molecule has 0 aliphatic heterocycles. The Morgan fingerprint density at radius 2 is 1.71 bits per heavy atom. The number of aromatic amines is 1. The summed E-state index contributed by atoms with van der Waals surface area (Å²) in [5.41, 5.74) is 8.11. The maximum atomic E-state index is 12.7. The van der Waals surface area contributed by atoms with Gasteiger partial charge in [0.25, 0.3) is 15.9 Å². The molecule has 3 aromatic carbocycles. The van der Waals surface area contributed by atoms with E-state index in [4.69, 9.17) is 5.73 Å². The van der Waals surface area contributed by atoms with E-state index in [-0.39, 0.29) is 10.6 Å². The Morgan fingerprint density at radius 1 is 0.968 bits per heavy atom. The van der Waals surface area contributed by atoms with E-state index in [2.05, 4.69) is 20.0 Å². The van der Waals surface area contributed by atoms with Gasteiger partial charge in [0.2, 0.25) is 0 Å². The van der Waals surface area contributed by atoms with Crippen LogP contribution in [-0.4, -0.2) is 34.3 Å². The van der Waals surface area contributed by atoms with Gasteiger partial charge in [-0.25, -0.2) is 13.1 Å². The molecule has 154 valence electrons. The molecule has 31 heavy (non-hydrogen) atoms. The Labute approximate surface area is 176 Å². The molecule has 0 aliphatic rings. The van der Waals surface area contributed by atoms with E-state index in [1.165, 1.54) is 12.1 Å². The van der Waals surface area contributed by atoms with Crippen molar-refractivity contribution >= 4 is 43.4 Å². The molecule has 0 fully saturated rings. The molecular weight excluding hydrogens is 416 g/mol. The normalized spacial score (nSPS) is 11.7. The number of para-hydroxylation sites is 1. The maximum Gasteiger partial charge on any atom is 0.269 e. The number of benzene rings is 3. The first-order valence-electron chi connectivity index (χ1n) is 9.27. The summed E-state index contributed by atoms with van der Waals surface area (Å²) >= 11 is 0. The number of H-pyrrole nitrogens is 1. The Kier molecular flexibility index (Phi) is 4.22. The third-order valence-corrected chi connectivity index (χ3v) is 6.31. The van der Waals surface area contributed by atoms with Crippen LogP contribution in [0.3, 0.4) is 0 Å². The molecule has 2 heterocycles. The predicted molar refractivity (Wildman–Crippen MR) is 116 cm³/mol. The van der Waals surface area contributed by atoms with Gasteiger partial charge >= 0.3 is 0 Å². The maximum absolute atomic E-state index is 12.7. The van der Waals surface area contributed by atoms with E-state index in [1.54, 1.807) is 65.5 Å². The molecule has 0 spiro atoms. The number of amides is 1. The average Bonchev–Trinajstić information content (AvgIpc) is 3.38. The van der Waals surface area contributed by atoms with Gasteiger partial charge in [0.15, 0.2) is 5.69 Å². The lowest BCUT2D eigenvalue weighted by Crippen LogP contribution is -2.13. The lowest BCUT2D eigenvalue weighted by Gasteiger charge is -2.09. The number of hydrogen-bond acceptors (Lipinski definition) is 5. The van der Waals surface area contributed by atoms with Crippen molar-refractivity contribution < 1.29 is 13.2 Å². The molecule has 0 atom stereocenters. The van der Waals surface area contributed by atoms with Gasteiger partial charge in [-0.3, -0.25) is 14.6 Å². The van der Waals surface area contributed by atoms with Gasteiger partial charge in [0, 0.05) is 16.5 Å². The van der Waals surface area contributed by atoms with Crippen molar-refractivity contribution in [3.8, 4) is 5.69 Å². The van der Waals surface area contributed by atoms with Crippen molar-refractivity contribution in [3.63, 3.8) is 0 Å². The molecular formula is C21H16N6O3S.